The van der Waals surface area contributed by atoms with E-state index in [9.17, 15) is 9.70 Å². The van der Waals surface area contributed by atoms with Crippen LogP contribution >= 0.6 is 0 Å². The summed E-state index contributed by atoms with van der Waals surface area (Å²) < 4.78 is 5.19. The summed E-state index contributed by atoms with van der Waals surface area (Å²) in [6.45, 7) is 1.14. The van der Waals surface area contributed by atoms with E-state index in [2.05, 4.69) is 5.29 Å². The minimum absolute atomic E-state index is 0.166. The molecule has 2 N–H and O–H groups in total. The Morgan fingerprint density at radius 3 is 2.60 bits per heavy atom. The number of primary amides is 1. The average molecular weight is 216 g/mol. The summed E-state index contributed by atoms with van der Waals surface area (Å²) in [5.41, 5.74) is 5.00. The maximum atomic E-state index is 10.7. The first-order chi connectivity index (χ1) is 7.17. The van der Waals surface area contributed by atoms with E-state index in [0.717, 1.165) is 18.0 Å². The van der Waals surface area contributed by atoms with Crippen LogP contribution in [0.1, 0.15) is 12.8 Å². The van der Waals surface area contributed by atoms with Gasteiger partial charge >= 0.3 is 0 Å². The average Bonchev–Trinajstić information content (AvgIpc) is 2.26. The van der Waals surface area contributed by atoms with Gasteiger partial charge in [0.25, 0.3) is 0 Å². The Hall–Kier alpha value is -1.21. The van der Waals surface area contributed by atoms with E-state index >= 15 is 0 Å². The first-order valence-corrected chi connectivity index (χ1v) is 4.84. The maximum absolute atomic E-state index is 10.7. The normalized spacial score (nSPS) is 18.7. The van der Waals surface area contributed by atoms with Gasteiger partial charge in [-0.25, -0.2) is 5.01 Å². The molecule has 0 saturated carbocycles. The molecule has 0 bridgehead atoms. The third kappa shape index (κ3) is 3.45. The van der Waals surface area contributed by atoms with E-state index < -0.39 is 5.91 Å². The first-order valence-electron chi connectivity index (χ1n) is 4.84. The van der Waals surface area contributed by atoms with Crippen molar-refractivity contribution in [3.05, 3.63) is 4.91 Å². The van der Waals surface area contributed by atoms with Crippen LogP contribution in [0.3, 0.4) is 0 Å². The highest BCUT2D eigenvalue weighted by Crippen LogP contribution is 2.14. The molecule has 1 amide bonds. The molecule has 1 aliphatic heterocycles. The molecule has 15 heavy (non-hydrogen) atoms. The van der Waals surface area contributed by atoms with Crippen molar-refractivity contribution in [3.63, 3.8) is 0 Å². The summed E-state index contributed by atoms with van der Waals surface area (Å²) in [6.07, 6.45) is 1.87. The Kier molecular flexibility index (Phi) is 4.44. The predicted octanol–water partition coefficient (Wildman–Crippen LogP) is -0.519. The van der Waals surface area contributed by atoms with E-state index in [4.69, 9.17) is 10.5 Å². The van der Waals surface area contributed by atoms with Gasteiger partial charge in [0.05, 0.1) is 11.4 Å². The van der Waals surface area contributed by atoms with Crippen molar-refractivity contribution in [2.75, 3.05) is 26.7 Å². The van der Waals surface area contributed by atoms with Gasteiger partial charge in [0.1, 0.15) is 6.54 Å². The number of nitrogens with zero attached hydrogens (tertiary/aromatic N) is 3. The fourth-order valence-electron chi connectivity index (χ4n) is 1.63. The SMILES string of the molecule is COC1CCN(N(CC(N)=O)N=O)CC1. The molecule has 1 aliphatic rings. The van der Waals surface area contributed by atoms with Crippen LogP contribution in [-0.2, 0) is 9.53 Å². The zero-order valence-electron chi connectivity index (χ0n) is 8.76. The highest BCUT2D eigenvalue weighted by molar-refractivity contribution is 5.75. The minimum Gasteiger partial charge on any atom is -0.381 e. The smallest absolute Gasteiger partial charge is 0.240 e. The summed E-state index contributed by atoms with van der Waals surface area (Å²) in [5.74, 6) is -0.566. The number of amides is 1. The quantitative estimate of drug-likeness (QED) is 0.493. The van der Waals surface area contributed by atoms with Crippen molar-refractivity contribution >= 4 is 5.91 Å². The summed E-state index contributed by atoms with van der Waals surface area (Å²) >= 11 is 0. The van der Waals surface area contributed by atoms with Gasteiger partial charge in [0, 0.05) is 20.2 Å². The maximum Gasteiger partial charge on any atom is 0.240 e. The lowest BCUT2D eigenvalue weighted by Crippen LogP contribution is -2.48. The molecular weight excluding hydrogens is 200 g/mol. The predicted molar refractivity (Wildman–Crippen MR) is 53.3 cm³/mol. The Morgan fingerprint density at radius 2 is 2.20 bits per heavy atom. The molecule has 1 rings (SSSR count). The van der Waals surface area contributed by atoms with Gasteiger partial charge in [0.15, 0.2) is 0 Å². The van der Waals surface area contributed by atoms with Gasteiger partial charge in [0.2, 0.25) is 5.91 Å². The minimum atomic E-state index is -0.566. The Bertz CT molecular complexity index is 228. The van der Waals surface area contributed by atoms with Crippen LogP contribution in [-0.4, -0.2) is 48.9 Å². The number of piperidine rings is 1. The Balaban J connectivity index is 2.42. The van der Waals surface area contributed by atoms with E-state index in [1.807, 2.05) is 0 Å². The van der Waals surface area contributed by atoms with Gasteiger partial charge in [-0.15, -0.1) is 4.91 Å². The number of hydrazine groups is 1. The number of carbonyl (C=O) groups excluding carboxylic acids is 1. The highest BCUT2D eigenvalue weighted by Gasteiger charge is 2.24. The second kappa shape index (κ2) is 5.62. The number of ether oxygens (including phenoxy) is 1. The molecule has 0 atom stereocenters. The molecule has 0 aromatic rings. The van der Waals surface area contributed by atoms with Crippen LogP contribution < -0.4 is 5.73 Å². The Morgan fingerprint density at radius 1 is 1.60 bits per heavy atom. The zero-order chi connectivity index (χ0) is 11.3. The molecule has 1 saturated heterocycles. The van der Waals surface area contributed by atoms with E-state index in [0.29, 0.717) is 13.1 Å². The van der Waals surface area contributed by atoms with Crippen LogP contribution in [0.5, 0.6) is 0 Å². The van der Waals surface area contributed by atoms with Crippen molar-refractivity contribution in [3.8, 4) is 0 Å². The summed E-state index contributed by atoms with van der Waals surface area (Å²) in [7, 11) is 1.67. The molecule has 7 heteroatoms. The molecule has 1 heterocycles. The molecular formula is C8H16N4O3. The van der Waals surface area contributed by atoms with Gasteiger partial charge in [-0.1, -0.05) is 0 Å². The molecule has 0 spiro atoms. The standard InChI is InChI=1S/C8H16N4O3/c1-15-7-2-4-11(5-3-7)12(10-14)6-8(9)13/h7H,2-6H2,1H3,(H2,9,13). The van der Waals surface area contributed by atoms with Crippen LogP contribution in [0.2, 0.25) is 0 Å². The van der Waals surface area contributed by atoms with Crippen LogP contribution in [0.4, 0.5) is 0 Å². The lowest BCUT2D eigenvalue weighted by Gasteiger charge is -2.34. The van der Waals surface area contributed by atoms with Gasteiger partial charge in [-0.2, -0.15) is 5.12 Å². The van der Waals surface area contributed by atoms with Crippen molar-refractivity contribution in [2.45, 2.75) is 18.9 Å². The summed E-state index contributed by atoms with van der Waals surface area (Å²) in [4.78, 5) is 21.1. The number of hydrogen-bond donors (Lipinski definition) is 1. The van der Waals surface area contributed by atoms with Crippen LogP contribution in [0, 0.1) is 4.91 Å². The fraction of sp³-hybridized carbons (Fsp3) is 0.875. The summed E-state index contributed by atoms with van der Waals surface area (Å²) in [5, 5.41) is 5.56. The molecule has 7 nitrogen and oxygen atoms in total. The molecule has 1 fully saturated rings. The van der Waals surface area contributed by atoms with Gasteiger partial charge in [-0.05, 0) is 12.8 Å². The molecule has 0 radical (unpaired) electrons. The third-order valence-electron chi connectivity index (χ3n) is 2.47. The fourth-order valence-corrected chi connectivity index (χ4v) is 1.63. The topological polar surface area (TPSA) is 88.2 Å². The molecule has 86 valence electrons. The monoisotopic (exact) mass is 216 g/mol. The number of methoxy groups -OCH3 is 1. The lowest BCUT2D eigenvalue weighted by atomic mass is 10.1. The van der Waals surface area contributed by atoms with Crippen LogP contribution in [0.25, 0.3) is 0 Å². The van der Waals surface area contributed by atoms with E-state index in [-0.39, 0.29) is 12.6 Å². The van der Waals surface area contributed by atoms with E-state index in [1.54, 1.807) is 12.1 Å². The number of nitroso groups, excluding NO2 is 1. The molecule has 0 aliphatic carbocycles. The number of rotatable bonds is 5. The van der Waals surface area contributed by atoms with Crippen molar-refractivity contribution in [1.82, 2.24) is 10.1 Å². The van der Waals surface area contributed by atoms with Gasteiger partial charge in [-0.3, -0.25) is 4.79 Å². The van der Waals surface area contributed by atoms with Crippen molar-refractivity contribution in [2.24, 2.45) is 11.0 Å². The van der Waals surface area contributed by atoms with Crippen molar-refractivity contribution < 1.29 is 9.53 Å². The van der Waals surface area contributed by atoms with Crippen molar-refractivity contribution in [1.29, 1.82) is 0 Å². The number of hydrogen-bond acceptors (Lipinski definition) is 5. The first kappa shape index (κ1) is 11.9. The number of nitrogens with two attached hydrogens (primary N) is 1. The summed E-state index contributed by atoms with van der Waals surface area (Å²) in [6, 6.07) is 0. The van der Waals surface area contributed by atoms with E-state index in [1.165, 1.54) is 0 Å². The zero-order valence-corrected chi connectivity index (χ0v) is 8.76. The Labute approximate surface area is 88.1 Å². The van der Waals surface area contributed by atoms with Crippen LogP contribution in [0.15, 0.2) is 5.29 Å². The lowest BCUT2D eigenvalue weighted by molar-refractivity contribution is -0.128. The molecule has 0 aromatic carbocycles. The van der Waals surface area contributed by atoms with Gasteiger partial charge < -0.3 is 10.5 Å². The number of carbonyl (C=O) groups is 1. The molecule has 0 aromatic heterocycles. The molecule has 0 unspecified atom stereocenters. The third-order valence-corrected chi connectivity index (χ3v) is 2.47. The largest absolute Gasteiger partial charge is 0.381 e. The second-order valence-electron chi connectivity index (χ2n) is 3.47. The second-order valence-corrected chi connectivity index (χ2v) is 3.47. The highest BCUT2D eigenvalue weighted by atomic mass is 16.5.